The molecule has 0 bridgehead atoms. The largest absolute Gasteiger partial charge is 2.00 e. The van der Waals surface area contributed by atoms with Gasteiger partial charge in [0.15, 0.2) is 0 Å². The van der Waals surface area contributed by atoms with E-state index in [4.69, 9.17) is 0 Å². The molecule has 0 aromatic heterocycles. The summed E-state index contributed by atoms with van der Waals surface area (Å²) in [5.74, 6) is -2.06. The Labute approximate surface area is 123 Å². The molecule has 0 saturated heterocycles. The number of hydrogen-bond donors (Lipinski definition) is 0. The molecule has 0 aromatic rings. The Kier molecular flexibility index (Phi) is 35.8. The van der Waals surface area contributed by atoms with Crippen LogP contribution in [0.4, 0.5) is 0 Å². The molecule has 0 aliphatic carbocycles. The molecule has 0 N–H and O–H groups in total. The molecule has 0 saturated carbocycles. The fourth-order valence-electron chi connectivity index (χ4n) is 0. The summed E-state index contributed by atoms with van der Waals surface area (Å²) in [7, 11) is 0. The van der Waals surface area contributed by atoms with Gasteiger partial charge in [0.2, 0.25) is 0 Å². The van der Waals surface area contributed by atoms with Crippen molar-refractivity contribution >= 4 is 94.7 Å². The van der Waals surface area contributed by atoms with Gasteiger partial charge in [-0.15, -0.1) is 12.4 Å². The van der Waals surface area contributed by atoms with Gasteiger partial charge in [-0.05, 0) is 0 Å². The maximum Gasteiger partial charge on any atom is 2.00 e. The van der Waals surface area contributed by atoms with E-state index in [9.17, 15) is 19.8 Å². The van der Waals surface area contributed by atoms with Crippen molar-refractivity contribution in [1.29, 1.82) is 0 Å². The van der Waals surface area contributed by atoms with Gasteiger partial charge in [0, 0.05) is 11.9 Å². The van der Waals surface area contributed by atoms with Crippen molar-refractivity contribution in [2.24, 2.45) is 0 Å². The van der Waals surface area contributed by atoms with Crippen molar-refractivity contribution in [3.8, 4) is 0 Å². The quantitative estimate of drug-likeness (QED) is 0.478. The Morgan fingerprint density at radius 2 is 1.08 bits per heavy atom. The van der Waals surface area contributed by atoms with Crippen LogP contribution < -0.4 is 10.2 Å². The van der Waals surface area contributed by atoms with Gasteiger partial charge in [-0.2, -0.15) is 0 Å². The van der Waals surface area contributed by atoms with Gasteiger partial charge in [-0.1, -0.05) is 10.6 Å². The number of aliphatic carboxylic acids is 2. The van der Waals surface area contributed by atoms with Crippen LogP contribution in [0.5, 0.6) is 0 Å². The fourth-order valence-corrected chi connectivity index (χ4v) is 0. The summed E-state index contributed by atoms with van der Waals surface area (Å²) in [5.41, 5.74) is 0. The molecule has 0 aliphatic rings. The first kappa shape index (κ1) is 23.4. The normalized spacial score (nSPS) is 6.00. The van der Waals surface area contributed by atoms with E-state index < -0.39 is 11.9 Å². The number of halogens is 1. The minimum atomic E-state index is -1.03. The Hall–Kier alpha value is 1.55. The molecule has 0 aliphatic heterocycles. The smallest absolute Gasteiger partial charge is 0.552 e. The molecule has 0 heterocycles. The molecule has 12 heavy (non-hydrogen) atoms. The van der Waals surface area contributed by atoms with E-state index in [1.807, 2.05) is 32.6 Å². The van der Waals surface area contributed by atoms with Crippen molar-refractivity contribution in [3.05, 3.63) is 0 Å². The van der Waals surface area contributed by atoms with Crippen LogP contribution in [0.25, 0.3) is 0 Å². The number of carbonyl (C=O) groups excluding carboxylic acids is 2. The van der Waals surface area contributed by atoms with Gasteiger partial charge in [-0.25, -0.2) is 0 Å². The zero-order chi connectivity index (χ0) is 8.57. The van der Waals surface area contributed by atoms with Gasteiger partial charge in [-0.3, -0.25) is 0 Å². The van der Waals surface area contributed by atoms with Crippen molar-refractivity contribution in [1.82, 2.24) is 0 Å². The molecule has 0 unspecified atom stereocenters. The SMILES string of the molecule is Cl.O=C([O-])[CH2][Al].O=C([O-])[CH2][Al].[Ca+2]. The standard InChI is InChI=1S/2C2H3O2.2Al.Ca.ClH/c2*1-2(3)4;;;;/h2*1H2,(H,3,4);;;;1H/q;;;;+2;/p-2. The molecular formula is C4H5Al2CaClO4. The van der Waals surface area contributed by atoms with E-state index >= 15 is 0 Å². The third kappa shape index (κ3) is 41.7. The predicted molar refractivity (Wildman–Crippen MR) is 44.1 cm³/mol. The molecule has 0 atom stereocenters. The second kappa shape index (κ2) is 18.4. The summed E-state index contributed by atoms with van der Waals surface area (Å²) in [6.07, 6.45) is 0. The number of hydrogen-bond acceptors (Lipinski definition) is 4. The molecule has 0 rings (SSSR count). The second-order valence-electron chi connectivity index (χ2n) is 1.15. The van der Waals surface area contributed by atoms with E-state index in [1.165, 1.54) is 0 Å². The molecule has 0 aromatic carbocycles. The first-order valence-corrected chi connectivity index (χ1v) is 3.97. The Balaban J connectivity index is -0.0000000457. The van der Waals surface area contributed by atoms with E-state index in [-0.39, 0.29) is 60.7 Å². The summed E-state index contributed by atoms with van der Waals surface area (Å²) in [5, 5.41) is 18.5. The van der Waals surface area contributed by atoms with E-state index in [2.05, 4.69) is 0 Å². The van der Waals surface area contributed by atoms with Gasteiger partial charge in [0.05, 0.1) is 0 Å². The Morgan fingerprint density at radius 1 is 1.00 bits per heavy atom. The zero-order valence-corrected chi connectivity index (χ0v) is 11.7. The van der Waals surface area contributed by atoms with Crippen molar-refractivity contribution in [2.75, 3.05) is 0 Å². The third-order valence-corrected chi connectivity index (χ3v) is 1.00. The Bertz CT molecular complexity index is 110. The first-order chi connectivity index (χ1) is 4.54. The molecule has 0 fully saturated rings. The molecule has 8 heteroatoms. The van der Waals surface area contributed by atoms with E-state index in [1.54, 1.807) is 0 Å². The average Bonchev–Trinajstić information content (AvgIpc) is 1.89. The molecule has 60 valence electrons. The van der Waals surface area contributed by atoms with Crippen LogP contribution in [0.3, 0.4) is 0 Å². The average molecular weight is 247 g/mol. The van der Waals surface area contributed by atoms with Crippen molar-refractivity contribution in [2.45, 2.75) is 10.6 Å². The van der Waals surface area contributed by atoms with Crippen LogP contribution in [0, 0.1) is 0 Å². The number of rotatable bonds is 2. The predicted octanol–water partition coefficient (Wildman–Crippen LogP) is -3.31. The molecule has 4 nitrogen and oxygen atoms in total. The summed E-state index contributed by atoms with van der Waals surface area (Å²) in [6, 6.07) is 0. The summed E-state index contributed by atoms with van der Waals surface area (Å²) in [4.78, 5) is 18.5. The van der Waals surface area contributed by atoms with Gasteiger partial charge >= 0.3 is 37.7 Å². The van der Waals surface area contributed by atoms with Crippen LogP contribution in [0.15, 0.2) is 0 Å². The van der Waals surface area contributed by atoms with Gasteiger partial charge < -0.3 is 19.8 Å². The monoisotopic (exact) mass is 246 g/mol. The van der Waals surface area contributed by atoms with E-state index in [0.29, 0.717) is 0 Å². The summed E-state index contributed by atoms with van der Waals surface area (Å²) >= 11 is 4.06. The maximum absolute atomic E-state index is 9.24. The van der Waals surface area contributed by atoms with Crippen molar-refractivity contribution < 1.29 is 19.8 Å². The van der Waals surface area contributed by atoms with Crippen LogP contribution in [0.1, 0.15) is 0 Å². The van der Waals surface area contributed by atoms with Crippen LogP contribution >= 0.6 is 12.4 Å². The fraction of sp³-hybridized carbons (Fsp3) is 0.500. The number of carboxylic acids is 2. The topological polar surface area (TPSA) is 80.3 Å². The van der Waals surface area contributed by atoms with Crippen LogP contribution in [-0.4, -0.2) is 82.3 Å². The minimum absolute atomic E-state index is 0. The van der Waals surface area contributed by atoms with Gasteiger partial charge in [0.1, 0.15) is 32.6 Å². The minimum Gasteiger partial charge on any atom is -0.552 e. The third-order valence-electron chi connectivity index (χ3n) is 0.333. The summed E-state index contributed by atoms with van der Waals surface area (Å²) < 4.78 is 0. The van der Waals surface area contributed by atoms with E-state index in [0.717, 1.165) is 0 Å². The first-order valence-electron chi connectivity index (χ1n) is 2.34. The Morgan fingerprint density at radius 3 is 1.08 bits per heavy atom. The van der Waals surface area contributed by atoms with Crippen LogP contribution in [0.2, 0.25) is 10.6 Å². The van der Waals surface area contributed by atoms with Crippen molar-refractivity contribution in [3.63, 3.8) is 0 Å². The molecule has 0 amide bonds. The second-order valence-corrected chi connectivity index (χ2v) is 1.97. The summed E-state index contributed by atoms with van der Waals surface area (Å²) in [6.45, 7) is 0. The van der Waals surface area contributed by atoms with Crippen LogP contribution in [-0.2, 0) is 9.59 Å². The molecule has 0 spiro atoms. The molecule has 4 radical (unpaired) electrons. The zero-order valence-electron chi connectivity index (χ0n) is 6.32. The maximum atomic E-state index is 9.24. The van der Waals surface area contributed by atoms with Gasteiger partial charge in [0.25, 0.3) is 0 Å². The number of carboxylic acid groups (broad SMARTS) is 2. The number of carbonyl (C=O) groups is 2. The molecular weight excluding hydrogens is 242 g/mol.